The Morgan fingerprint density at radius 3 is 2.86 bits per heavy atom. The van der Waals surface area contributed by atoms with E-state index < -0.39 is 18.6 Å². The Labute approximate surface area is 163 Å². The predicted molar refractivity (Wildman–Crippen MR) is 95.8 cm³/mol. The van der Waals surface area contributed by atoms with Crippen LogP contribution in [0.1, 0.15) is 11.4 Å². The smallest absolute Gasteiger partial charge is 0.406 e. The molecule has 154 valence electrons. The van der Waals surface area contributed by atoms with Gasteiger partial charge in [0.25, 0.3) is 0 Å². The molecule has 2 aromatic heterocycles. The van der Waals surface area contributed by atoms with Gasteiger partial charge in [-0.2, -0.15) is 0 Å². The third-order valence-corrected chi connectivity index (χ3v) is 4.58. The Morgan fingerprint density at radius 1 is 1.21 bits per heavy atom. The van der Waals surface area contributed by atoms with Crippen LogP contribution in [0.25, 0.3) is 11.0 Å². The van der Waals surface area contributed by atoms with E-state index in [1.807, 2.05) is 0 Å². The molecule has 0 amide bonds. The van der Waals surface area contributed by atoms with Crippen molar-refractivity contribution in [3.05, 3.63) is 54.1 Å². The molecule has 1 aliphatic heterocycles. The number of likely N-dealkylation sites (tertiary alicyclic amines) is 1. The van der Waals surface area contributed by atoms with Crippen LogP contribution in [0.5, 0.6) is 5.75 Å². The molecule has 0 aliphatic carbocycles. The fraction of sp³-hybridized carbons (Fsp3) is 0.368. The molecular weight excluding hydrogens is 392 g/mol. The molecule has 0 unspecified atom stereocenters. The van der Waals surface area contributed by atoms with Crippen molar-refractivity contribution in [3.8, 4) is 5.75 Å². The van der Waals surface area contributed by atoms with Gasteiger partial charge in [-0.3, -0.25) is 9.88 Å². The highest BCUT2D eigenvalue weighted by atomic mass is 19.4. The SMILES string of the molecule is F[C@@H]1CN(Cc2cccc(OC(F)(F)F)c2)C[C@@H]1OCc1nc2ccncc2[nH]1. The number of halogens is 4. The van der Waals surface area contributed by atoms with E-state index >= 15 is 0 Å². The van der Waals surface area contributed by atoms with E-state index in [1.165, 1.54) is 18.2 Å². The van der Waals surface area contributed by atoms with Crippen LogP contribution in [-0.2, 0) is 17.9 Å². The number of benzene rings is 1. The number of pyridine rings is 1. The summed E-state index contributed by atoms with van der Waals surface area (Å²) in [5.74, 6) is 0.286. The molecule has 0 radical (unpaired) electrons. The summed E-state index contributed by atoms with van der Waals surface area (Å²) in [5, 5.41) is 0. The van der Waals surface area contributed by atoms with E-state index in [-0.39, 0.29) is 18.9 Å². The van der Waals surface area contributed by atoms with Gasteiger partial charge in [-0.25, -0.2) is 9.37 Å². The van der Waals surface area contributed by atoms with Crippen LogP contribution >= 0.6 is 0 Å². The lowest BCUT2D eigenvalue weighted by atomic mass is 10.2. The summed E-state index contributed by atoms with van der Waals surface area (Å²) in [4.78, 5) is 13.2. The third-order valence-electron chi connectivity index (χ3n) is 4.58. The van der Waals surface area contributed by atoms with E-state index in [0.29, 0.717) is 24.5 Å². The van der Waals surface area contributed by atoms with Gasteiger partial charge in [0.1, 0.15) is 30.5 Å². The van der Waals surface area contributed by atoms with Crippen molar-refractivity contribution < 1.29 is 27.0 Å². The maximum atomic E-state index is 14.4. The summed E-state index contributed by atoms with van der Waals surface area (Å²) in [7, 11) is 0. The zero-order chi connectivity index (χ0) is 20.4. The molecule has 1 saturated heterocycles. The predicted octanol–water partition coefficient (Wildman–Crippen LogP) is 3.60. The number of aromatic nitrogens is 3. The minimum atomic E-state index is -4.75. The Balaban J connectivity index is 1.33. The molecule has 3 heterocycles. The molecule has 1 fully saturated rings. The van der Waals surface area contributed by atoms with Gasteiger partial charge >= 0.3 is 6.36 Å². The first-order valence-corrected chi connectivity index (χ1v) is 8.97. The lowest BCUT2D eigenvalue weighted by Crippen LogP contribution is -2.24. The van der Waals surface area contributed by atoms with Crippen LogP contribution in [-0.4, -0.2) is 51.6 Å². The normalized spacial score (nSPS) is 20.4. The Hall–Kier alpha value is -2.72. The molecule has 1 N–H and O–H groups in total. The van der Waals surface area contributed by atoms with Crippen LogP contribution < -0.4 is 4.74 Å². The van der Waals surface area contributed by atoms with Crippen LogP contribution in [0.4, 0.5) is 17.6 Å². The molecule has 1 aromatic carbocycles. The first-order valence-electron chi connectivity index (χ1n) is 8.97. The number of imidazole rings is 1. The fourth-order valence-electron chi connectivity index (χ4n) is 3.36. The van der Waals surface area contributed by atoms with E-state index in [9.17, 15) is 17.6 Å². The molecule has 6 nitrogen and oxygen atoms in total. The zero-order valence-electron chi connectivity index (χ0n) is 15.2. The van der Waals surface area contributed by atoms with Gasteiger partial charge in [-0.05, 0) is 23.8 Å². The number of hydrogen-bond acceptors (Lipinski definition) is 5. The quantitative estimate of drug-likeness (QED) is 0.630. The summed E-state index contributed by atoms with van der Waals surface area (Å²) in [6.07, 6.45) is -3.30. The number of fused-ring (bicyclic) bond motifs is 1. The number of ether oxygens (including phenoxy) is 2. The Bertz CT molecular complexity index is 945. The Morgan fingerprint density at radius 2 is 2.07 bits per heavy atom. The second kappa shape index (κ2) is 7.96. The molecule has 1 aliphatic rings. The molecule has 2 atom stereocenters. The van der Waals surface area contributed by atoms with Crippen LogP contribution in [0.2, 0.25) is 0 Å². The lowest BCUT2D eigenvalue weighted by molar-refractivity contribution is -0.274. The maximum absolute atomic E-state index is 14.4. The van der Waals surface area contributed by atoms with Gasteiger partial charge in [-0.15, -0.1) is 13.2 Å². The molecule has 10 heteroatoms. The summed E-state index contributed by atoms with van der Waals surface area (Å²) in [6, 6.07) is 7.45. The fourth-order valence-corrected chi connectivity index (χ4v) is 3.36. The van der Waals surface area contributed by atoms with Gasteiger partial charge in [0, 0.05) is 25.8 Å². The Kier molecular flexibility index (Phi) is 5.37. The van der Waals surface area contributed by atoms with Crippen molar-refractivity contribution in [2.24, 2.45) is 0 Å². The minimum absolute atomic E-state index is 0.127. The highest BCUT2D eigenvalue weighted by Gasteiger charge is 2.34. The molecule has 0 spiro atoms. The van der Waals surface area contributed by atoms with Gasteiger partial charge in [-0.1, -0.05) is 12.1 Å². The number of alkyl halides is 4. The zero-order valence-corrected chi connectivity index (χ0v) is 15.2. The maximum Gasteiger partial charge on any atom is 0.573 e. The number of aromatic amines is 1. The van der Waals surface area contributed by atoms with Crippen molar-refractivity contribution in [3.63, 3.8) is 0 Å². The lowest BCUT2D eigenvalue weighted by Gasteiger charge is -2.16. The van der Waals surface area contributed by atoms with Gasteiger partial charge < -0.3 is 14.5 Å². The second-order valence-corrected chi connectivity index (χ2v) is 6.83. The molecule has 0 saturated carbocycles. The largest absolute Gasteiger partial charge is 0.573 e. The van der Waals surface area contributed by atoms with E-state index in [1.54, 1.807) is 29.4 Å². The monoisotopic (exact) mass is 410 g/mol. The molecule has 4 rings (SSSR count). The summed E-state index contributed by atoms with van der Waals surface area (Å²) in [5.41, 5.74) is 2.13. The standard InChI is InChI=1S/C19H18F4N4O2/c20-14-9-27(8-12-2-1-3-13(6-12)29-19(21,22)23)10-17(14)28-11-18-25-15-4-5-24-7-16(15)26-18/h1-7,14,17H,8-11H2,(H,25,26)/t14-,17+/m1/s1. The number of nitrogens with zero attached hydrogens (tertiary/aromatic N) is 3. The van der Waals surface area contributed by atoms with Crippen molar-refractivity contribution >= 4 is 11.0 Å². The summed E-state index contributed by atoms with van der Waals surface area (Å²) in [6.45, 7) is 0.889. The first kappa shape index (κ1) is 19.6. The highest BCUT2D eigenvalue weighted by molar-refractivity contribution is 5.73. The van der Waals surface area contributed by atoms with E-state index in [4.69, 9.17) is 4.74 Å². The topological polar surface area (TPSA) is 63.3 Å². The number of rotatable bonds is 6. The highest BCUT2D eigenvalue weighted by Crippen LogP contribution is 2.25. The summed E-state index contributed by atoms with van der Waals surface area (Å²) < 4.78 is 61.1. The van der Waals surface area contributed by atoms with E-state index in [2.05, 4.69) is 19.7 Å². The van der Waals surface area contributed by atoms with Crippen LogP contribution in [0.15, 0.2) is 42.7 Å². The van der Waals surface area contributed by atoms with Crippen LogP contribution in [0, 0.1) is 0 Å². The minimum Gasteiger partial charge on any atom is -0.406 e. The van der Waals surface area contributed by atoms with Crippen LogP contribution in [0.3, 0.4) is 0 Å². The van der Waals surface area contributed by atoms with Gasteiger partial charge in [0.15, 0.2) is 0 Å². The van der Waals surface area contributed by atoms with E-state index in [0.717, 1.165) is 11.0 Å². The molecule has 29 heavy (non-hydrogen) atoms. The first-order chi connectivity index (χ1) is 13.9. The second-order valence-electron chi connectivity index (χ2n) is 6.83. The van der Waals surface area contributed by atoms with Gasteiger partial charge in [0.05, 0.1) is 17.2 Å². The van der Waals surface area contributed by atoms with Crippen molar-refractivity contribution in [1.82, 2.24) is 19.9 Å². The van der Waals surface area contributed by atoms with Gasteiger partial charge in [0.2, 0.25) is 0 Å². The molecule has 0 bridgehead atoms. The average Bonchev–Trinajstić information content (AvgIpc) is 3.21. The third kappa shape index (κ3) is 5.01. The van der Waals surface area contributed by atoms with Crippen molar-refractivity contribution in [2.45, 2.75) is 31.8 Å². The molecular formula is C19H18F4N4O2. The van der Waals surface area contributed by atoms with Crippen molar-refractivity contribution in [2.75, 3.05) is 13.1 Å². The number of H-pyrrole nitrogens is 1. The number of hydrogen-bond donors (Lipinski definition) is 1. The average molecular weight is 410 g/mol. The number of nitrogens with one attached hydrogen (secondary N) is 1. The summed E-state index contributed by atoms with van der Waals surface area (Å²) >= 11 is 0. The van der Waals surface area contributed by atoms with Crippen molar-refractivity contribution in [1.29, 1.82) is 0 Å². The molecule has 3 aromatic rings.